The van der Waals surface area contributed by atoms with E-state index in [-0.39, 0.29) is 5.91 Å². The molecule has 4 rings (SSSR count). The van der Waals surface area contributed by atoms with Gasteiger partial charge in [0.25, 0.3) is 5.91 Å². The first-order valence-electron chi connectivity index (χ1n) is 7.73. The average Bonchev–Trinajstić information content (AvgIpc) is 3.26. The summed E-state index contributed by atoms with van der Waals surface area (Å²) in [6.07, 6.45) is 4.58. The van der Waals surface area contributed by atoms with Crippen LogP contribution in [-0.2, 0) is 12.8 Å². The molecular formula is C18H16N2OS2. The van der Waals surface area contributed by atoms with E-state index in [1.54, 1.807) is 11.3 Å². The first-order valence-corrected chi connectivity index (χ1v) is 9.49. The summed E-state index contributed by atoms with van der Waals surface area (Å²) in [5, 5.41) is 7.81. The second-order valence-corrected chi connectivity index (χ2v) is 7.43. The highest BCUT2D eigenvalue weighted by Crippen LogP contribution is 2.30. The number of carbonyl (C=O) groups excluding carboxylic acids is 1. The first kappa shape index (κ1) is 14.6. The number of aryl methyl sites for hydroxylation is 1. The average molecular weight is 340 g/mol. The van der Waals surface area contributed by atoms with Crippen LogP contribution in [0.2, 0.25) is 0 Å². The van der Waals surface area contributed by atoms with Gasteiger partial charge in [-0.25, -0.2) is 4.98 Å². The number of nitrogens with zero attached hydrogens (tertiary/aromatic N) is 1. The minimum Gasteiger partial charge on any atom is -0.320 e. The lowest BCUT2D eigenvalue weighted by molar-refractivity contribution is 0.102. The molecule has 1 aromatic carbocycles. The maximum Gasteiger partial charge on any atom is 0.275 e. The van der Waals surface area contributed by atoms with Gasteiger partial charge in [0.05, 0.1) is 4.88 Å². The molecule has 0 bridgehead atoms. The van der Waals surface area contributed by atoms with E-state index in [0.29, 0.717) is 5.69 Å². The number of amides is 1. The van der Waals surface area contributed by atoms with Crippen molar-refractivity contribution in [2.75, 3.05) is 5.32 Å². The summed E-state index contributed by atoms with van der Waals surface area (Å²) in [5.74, 6) is -0.122. The van der Waals surface area contributed by atoms with Gasteiger partial charge in [-0.15, -0.1) is 22.7 Å². The number of nitrogens with one attached hydrogen (secondary N) is 1. The molecule has 0 saturated carbocycles. The third kappa shape index (κ3) is 2.94. The van der Waals surface area contributed by atoms with Crippen LogP contribution in [0.5, 0.6) is 0 Å². The number of rotatable bonds is 3. The van der Waals surface area contributed by atoms with E-state index in [2.05, 4.69) is 16.4 Å². The molecule has 1 aliphatic carbocycles. The molecule has 0 fully saturated rings. The van der Waals surface area contributed by atoms with Crippen LogP contribution >= 0.6 is 22.7 Å². The molecule has 0 saturated heterocycles. The van der Waals surface area contributed by atoms with Gasteiger partial charge in [0.1, 0.15) is 10.7 Å². The minimum absolute atomic E-state index is 0.122. The third-order valence-corrected chi connectivity index (χ3v) is 5.99. The number of benzene rings is 1. The number of thiophene rings is 1. The van der Waals surface area contributed by atoms with Crippen LogP contribution in [-0.4, -0.2) is 10.9 Å². The van der Waals surface area contributed by atoms with Crippen LogP contribution in [0.4, 0.5) is 5.69 Å². The predicted molar refractivity (Wildman–Crippen MR) is 96.5 cm³/mol. The number of fused-ring (bicyclic) bond motifs is 1. The van der Waals surface area contributed by atoms with Gasteiger partial charge in [-0.1, -0.05) is 18.2 Å². The van der Waals surface area contributed by atoms with Crippen LogP contribution in [0.1, 0.15) is 34.5 Å². The summed E-state index contributed by atoms with van der Waals surface area (Å²) in [5.41, 5.74) is 4.09. The topological polar surface area (TPSA) is 42.0 Å². The molecule has 3 nitrogen and oxygen atoms in total. The van der Waals surface area contributed by atoms with E-state index in [9.17, 15) is 4.79 Å². The summed E-state index contributed by atoms with van der Waals surface area (Å²) in [6.45, 7) is 0. The Kier molecular flexibility index (Phi) is 3.97. The molecule has 1 aliphatic rings. The Morgan fingerprint density at radius 1 is 1.09 bits per heavy atom. The molecule has 0 unspecified atom stereocenters. The summed E-state index contributed by atoms with van der Waals surface area (Å²) in [7, 11) is 0. The van der Waals surface area contributed by atoms with Gasteiger partial charge < -0.3 is 5.32 Å². The number of hydrogen-bond donors (Lipinski definition) is 1. The number of thiazole rings is 1. The lowest BCUT2D eigenvalue weighted by Gasteiger charge is -2.19. The molecule has 0 radical (unpaired) electrons. The molecule has 23 heavy (non-hydrogen) atoms. The zero-order valence-corrected chi connectivity index (χ0v) is 14.2. The van der Waals surface area contributed by atoms with E-state index in [1.807, 2.05) is 35.0 Å². The van der Waals surface area contributed by atoms with Gasteiger partial charge in [0, 0.05) is 11.1 Å². The Labute approximate surface area is 143 Å². The van der Waals surface area contributed by atoms with Crippen molar-refractivity contribution in [3.8, 4) is 9.88 Å². The molecule has 5 heteroatoms. The molecule has 1 amide bonds. The van der Waals surface area contributed by atoms with E-state index >= 15 is 0 Å². The molecule has 0 spiro atoms. The van der Waals surface area contributed by atoms with Crippen molar-refractivity contribution in [3.63, 3.8) is 0 Å². The SMILES string of the molecule is O=C(Nc1cccc2c1CCCC2)c1csc(-c2cccs2)n1. The monoisotopic (exact) mass is 340 g/mol. The molecular weight excluding hydrogens is 324 g/mol. The fourth-order valence-corrected chi connectivity index (χ4v) is 4.59. The van der Waals surface area contributed by atoms with Gasteiger partial charge in [-0.05, 0) is 54.3 Å². The number of hydrogen-bond acceptors (Lipinski definition) is 4. The summed E-state index contributed by atoms with van der Waals surface area (Å²) in [6, 6.07) is 10.2. The van der Waals surface area contributed by atoms with E-state index in [1.165, 1.54) is 35.3 Å². The van der Waals surface area contributed by atoms with Crippen molar-refractivity contribution in [2.45, 2.75) is 25.7 Å². The predicted octanol–water partition coefficient (Wildman–Crippen LogP) is 5.00. The molecule has 2 aromatic heterocycles. The van der Waals surface area contributed by atoms with Crippen LogP contribution in [0.3, 0.4) is 0 Å². The zero-order valence-electron chi connectivity index (χ0n) is 12.5. The standard InChI is InChI=1S/C18H16N2OS2/c21-17(15-11-23-18(20-15)16-9-4-10-22-16)19-14-8-3-6-12-5-1-2-7-13(12)14/h3-4,6,8-11H,1-2,5,7H2,(H,19,21). The van der Waals surface area contributed by atoms with E-state index in [0.717, 1.165) is 28.4 Å². The Hall–Kier alpha value is -1.98. The van der Waals surface area contributed by atoms with Gasteiger partial charge in [-0.2, -0.15) is 0 Å². The first-order chi connectivity index (χ1) is 11.3. The van der Waals surface area contributed by atoms with Gasteiger partial charge in [-0.3, -0.25) is 4.79 Å². The third-order valence-electron chi connectivity index (χ3n) is 4.11. The fourth-order valence-electron chi connectivity index (χ4n) is 2.98. The van der Waals surface area contributed by atoms with Gasteiger partial charge in [0.2, 0.25) is 0 Å². The van der Waals surface area contributed by atoms with Crippen LogP contribution in [0.25, 0.3) is 9.88 Å². The normalized spacial score (nSPS) is 13.6. The van der Waals surface area contributed by atoms with Crippen molar-refractivity contribution >= 4 is 34.3 Å². The second kappa shape index (κ2) is 6.26. The minimum atomic E-state index is -0.122. The molecule has 0 atom stereocenters. The summed E-state index contributed by atoms with van der Waals surface area (Å²) < 4.78 is 0. The number of anilines is 1. The quantitative estimate of drug-likeness (QED) is 0.729. The lowest BCUT2D eigenvalue weighted by Crippen LogP contribution is -2.15. The van der Waals surface area contributed by atoms with Crippen molar-refractivity contribution in [1.29, 1.82) is 0 Å². The smallest absolute Gasteiger partial charge is 0.275 e. The Morgan fingerprint density at radius 3 is 2.87 bits per heavy atom. The van der Waals surface area contributed by atoms with Gasteiger partial charge in [0.15, 0.2) is 0 Å². The highest BCUT2D eigenvalue weighted by atomic mass is 32.1. The summed E-state index contributed by atoms with van der Waals surface area (Å²) >= 11 is 3.15. The van der Waals surface area contributed by atoms with Crippen LogP contribution in [0, 0.1) is 0 Å². The maximum absolute atomic E-state index is 12.5. The van der Waals surface area contributed by atoms with Gasteiger partial charge >= 0.3 is 0 Å². The van der Waals surface area contributed by atoms with Crippen molar-refractivity contribution in [1.82, 2.24) is 4.98 Å². The molecule has 0 aliphatic heterocycles. The highest BCUT2D eigenvalue weighted by molar-refractivity contribution is 7.20. The molecule has 1 N–H and O–H groups in total. The van der Waals surface area contributed by atoms with Crippen molar-refractivity contribution < 1.29 is 4.79 Å². The maximum atomic E-state index is 12.5. The van der Waals surface area contributed by atoms with Crippen LogP contribution < -0.4 is 5.32 Å². The zero-order chi connectivity index (χ0) is 15.6. The van der Waals surface area contributed by atoms with Crippen molar-refractivity contribution in [2.24, 2.45) is 0 Å². The lowest BCUT2D eigenvalue weighted by atomic mass is 9.90. The highest BCUT2D eigenvalue weighted by Gasteiger charge is 2.17. The summed E-state index contributed by atoms with van der Waals surface area (Å²) in [4.78, 5) is 18.1. The Morgan fingerprint density at radius 2 is 2.00 bits per heavy atom. The number of carbonyl (C=O) groups is 1. The Bertz CT molecular complexity index is 837. The number of aromatic nitrogens is 1. The van der Waals surface area contributed by atoms with Crippen molar-refractivity contribution in [3.05, 3.63) is 57.9 Å². The fraction of sp³-hybridized carbons (Fsp3) is 0.222. The van der Waals surface area contributed by atoms with E-state index < -0.39 is 0 Å². The second-order valence-electron chi connectivity index (χ2n) is 5.62. The molecule has 2 heterocycles. The van der Waals surface area contributed by atoms with E-state index in [4.69, 9.17) is 0 Å². The Balaban J connectivity index is 1.57. The molecule has 3 aromatic rings. The van der Waals surface area contributed by atoms with Crippen LogP contribution in [0.15, 0.2) is 41.1 Å². The largest absolute Gasteiger partial charge is 0.320 e. The molecule has 116 valence electrons.